The highest BCUT2D eigenvalue weighted by molar-refractivity contribution is 6.03. The normalized spacial score (nSPS) is 18.9. The molecule has 1 fully saturated rings. The van der Waals surface area contributed by atoms with Crippen molar-refractivity contribution in [3.05, 3.63) is 42.0 Å². The van der Waals surface area contributed by atoms with Crippen LogP contribution in [0.4, 0.5) is 10.5 Å². The fourth-order valence-electron chi connectivity index (χ4n) is 4.37. The van der Waals surface area contributed by atoms with Crippen molar-refractivity contribution in [2.75, 3.05) is 37.7 Å². The second-order valence-corrected chi connectivity index (χ2v) is 9.60. The predicted octanol–water partition coefficient (Wildman–Crippen LogP) is 3.69. The van der Waals surface area contributed by atoms with Crippen LogP contribution in [0.3, 0.4) is 0 Å². The number of benzene rings is 1. The van der Waals surface area contributed by atoms with Gasteiger partial charge in [-0.15, -0.1) is 0 Å². The minimum absolute atomic E-state index is 0.0929. The van der Waals surface area contributed by atoms with Gasteiger partial charge in [-0.25, -0.2) is 4.79 Å². The second-order valence-electron chi connectivity index (χ2n) is 9.60. The summed E-state index contributed by atoms with van der Waals surface area (Å²) in [7, 11) is 0. The zero-order valence-corrected chi connectivity index (χ0v) is 21.2. The molecule has 2 aliphatic heterocycles. The van der Waals surface area contributed by atoms with Gasteiger partial charge >= 0.3 is 6.09 Å². The van der Waals surface area contributed by atoms with Crippen molar-refractivity contribution in [1.29, 1.82) is 0 Å². The molecule has 8 nitrogen and oxygen atoms in total. The number of nitrogens with one attached hydrogen (secondary N) is 1. The molecule has 0 aliphatic carbocycles. The zero-order chi connectivity index (χ0) is 25.2. The summed E-state index contributed by atoms with van der Waals surface area (Å²) < 4.78 is 11.1. The van der Waals surface area contributed by atoms with E-state index in [2.05, 4.69) is 19.2 Å². The van der Waals surface area contributed by atoms with Gasteiger partial charge in [-0.05, 0) is 43.2 Å². The molecule has 1 N–H and O–H groups in total. The number of ether oxygens (including phenoxy) is 2. The first-order valence-electron chi connectivity index (χ1n) is 12.8. The van der Waals surface area contributed by atoms with E-state index in [1.165, 1.54) is 5.56 Å². The molecule has 0 unspecified atom stereocenters. The van der Waals surface area contributed by atoms with Gasteiger partial charge < -0.3 is 24.6 Å². The molecular weight excluding hydrogens is 446 g/mol. The van der Waals surface area contributed by atoms with Crippen LogP contribution in [0.2, 0.25) is 0 Å². The van der Waals surface area contributed by atoms with Gasteiger partial charge in [-0.1, -0.05) is 51.5 Å². The van der Waals surface area contributed by atoms with Crippen LogP contribution in [-0.2, 0) is 25.5 Å². The van der Waals surface area contributed by atoms with E-state index >= 15 is 0 Å². The number of rotatable bonds is 9. The Bertz CT molecular complexity index is 901. The lowest BCUT2D eigenvalue weighted by Crippen LogP contribution is -2.47. The van der Waals surface area contributed by atoms with Gasteiger partial charge in [0.25, 0.3) is 11.8 Å². The van der Waals surface area contributed by atoms with Crippen LogP contribution in [0.25, 0.3) is 0 Å². The maximum atomic E-state index is 13.1. The van der Waals surface area contributed by atoms with Crippen LogP contribution in [0.5, 0.6) is 0 Å². The third kappa shape index (κ3) is 7.82. The Balaban J connectivity index is 1.61. The lowest BCUT2D eigenvalue weighted by atomic mass is 10.0. The lowest BCUT2D eigenvalue weighted by Gasteiger charge is -2.25. The van der Waals surface area contributed by atoms with Gasteiger partial charge in [-0.2, -0.15) is 0 Å². The van der Waals surface area contributed by atoms with Crippen molar-refractivity contribution in [2.45, 2.75) is 65.0 Å². The molecule has 0 radical (unpaired) electrons. The summed E-state index contributed by atoms with van der Waals surface area (Å²) in [6, 6.07) is 7.61. The molecule has 0 saturated carbocycles. The number of fused-ring (bicyclic) bond motifs is 1. The predicted molar refractivity (Wildman–Crippen MR) is 135 cm³/mol. The average Bonchev–Trinajstić information content (AvgIpc) is 3.10. The topological polar surface area (TPSA) is 88.2 Å². The molecule has 2 heterocycles. The molecule has 0 spiro atoms. The Morgan fingerprint density at radius 1 is 1.23 bits per heavy atom. The second kappa shape index (κ2) is 13.3. The summed E-state index contributed by atoms with van der Waals surface area (Å²) in [5, 5.41) is 3.02. The first kappa shape index (κ1) is 26.7. The van der Waals surface area contributed by atoms with Gasteiger partial charge in [0.15, 0.2) is 6.10 Å². The summed E-state index contributed by atoms with van der Waals surface area (Å²) in [6.45, 7) is 8.25. The number of unbranched alkanes of at least 4 members (excludes halogenated alkanes) is 1. The van der Waals surface area contributed by atoms with Gasteiger partial charge in [0.05, 0.1) is 13.2 Å². The van der Waals surface area contributed by atoms with Crippen LogP contribution in [0.15, 0.2) is 36.4 Å². The number of hydrogen-bond donors (Lipinski definition) is 1. The third-order valence-electron chi connectivity index (χ3n) is 6.23. The fraction of sp³-hybridized carbons (Fsp3) is 0.593. The van der Waals surface area contributed by atoms with Crippen LogP contribution in [-0.4, -0.2) is 67.8 Å². The molecule has 2 aliphatic rings. The van der Waals surface area contributed by atoms with Crippen molar-refractivity contribution in [3.63, 3.8) is 0 Å². The molecule has 192 valence electrons. The van der Waals surface area contributed by atoms with E-state index in [4.69, 9.17) is 9.47 Å². The number of amides is 3. The highest BCUT2D eigenvalue weighted by Crippen LogP contribution is 2.27. The summed E-state index contributed by atoms with van der Waals surface area (Å²) in [4.78, 5) is 41.7. The zero-order valence-electron chi connectivity index (χ0n) is 21.2. The van der Waals surface area contributed by atoms with E-state index in [1.54, 1.807) is 22.0 Å². The van der Waals surface area contributed by atoms with Gasteiger partial charge in [0.2, 0.25) is 0 Å². The first-order valence-corrected chi connectivity index (χ1v) is 12.8. The molecule has 0 bridgehead atoms. The van der Waals surface area contributed by atoms with Gasteiger partial charge in [0.1, 0.15) is 0 Å². The maximum absolute atomic E-state index is 13.1. The minimum atomic E-state index is -0.777. The van der Waals surface area contributed by atoms with Crippen molar-refractivity contribution in [3.8, 4) is 0 Å². The molecule has 0 aromatic heterocycles. The summed E-state index contributed by atoms with van der Waals surface area (Å²) >= 11 is 0. The number of anilines is 1. The molecule has 2 atom stereocenters. The standard InChI is InChI=1S/C27H39N3O5/c1-4-5-16-35-27(33)29-14-8-17-34-24(19-29)26(32)28-22(18-20(2)3)11-12-25(31)30-15-13-21-9-6-7-10-23(21)30/h6-7,9-12,20,22,24H,4-5,8,13-19H2,1-3H3,(H,28,32)/b12-11+/t22-,24+/m1/s1. The van der Waals surface area contributed by atoms with Crippen molar-refractivity contribution in [2.24, 2.45) is 5.92 Å². The van der Waals surface area contributed by atoms with E-state index in [9.17, 15) is 14.4 Å². The number of hydrogen-bond acceptors (Lipinski definition) is 5. The van der Waals surface area contributed by atoms with Crippen LogP contribution >= 0.6 is 0 Å². The van der Waals surface area contributed by atoms with Gasteiger partial charge in [0, 0.05) is 37.5 Å². The lowest BCUT2D eigenvalue weighted by molar-refractivity contribution is -0.133. The molecule has 8 heteroatoms. The quantitative estimate of drug-likeness (QED) is 0.426. The van der Waals surface area contributed by atoms with Crippen LogP contribution < -0.4 is 10.2 Å². The van der Waals surface area contributed by atoms with E-state index in [-0.39, 0.29) is 24.4 Å². The average molecular weight is 486 g/mol. The maximum Gasteiger partial charge on any atom is 0.409 e. The highest BCUT2D eigenvalue weighted by atomic mass is 16.6. The third-order valence-corrected chi connectivity index (χ3v) is 6.23. The van der Waals surface area contributed by atoms with E-state index in [0.717, 1.165) is 24.9 Å². The molecule has 3 rings (SSSR count). The number of para-hydroxylation sites is 1. The highest BCUT2D eigenvalue weighted by Gasteiger charge is 2.30. The van der Waals surface area contributed by atoms with Crippen molar-refractivity contribution < 1.29 is 23.9 Å². The monoisotopic (exact) mass is 485 g/mol. The van der Waals surface area contributed by atoms with E-state index < -0.39 is 12.2 Å². The molecule has 35 heavy (non-hydrogen) atoms. The number of nitrogens with zero attached hydrogens (tertiary/aromatic N) is 2. The summed E-state index contributed by atoms with van der Waals surface area (Å²) in [5.41, 5.74) is 2.12. The van der Waals surface area contributed by atoms with Crippen LogP contribution in [0.1, 0.15) is 52.0 Å². The van der Waals surface area contributed by atoms with Crippen molar-refractivity contribution in [1.82, 2.24) is 10.2 Å². The Kier molecular flexibility index (Phi) is 10.1. The summed E-state index contributed by atoms with van der Waals surface area (Å²) in [5.74, 6) is -0.0649. The van der Waals surface area contributed by atoms with Gasteiger partial charge in [-0.3, -0.25) is 9.59 Å². The number of carbonyl (C=O) groups is 3. The largest absolute Gasteiger partial charge is 0.449 e. The summed E-state index contributed by atoms with van der Waals surface area (Å²) in [6.07, 6.45) is 6.07. The SMILES string of the molecule is CCCCOC(=O)N1CCCO[C@H](C(=O)N[C@H](/C=C/C(=O)N2CCc3ccccc32)CC(C)C)C1. The minimum Gasteiger partial charge on any atom is -0.449 e. The van der Waals surface area contributed by atoms with E-state index in [0.29, 0.717) is 45.1 Å². The van der Waals surface area contributed by atoms with Crippen molar-refractivity contribution >= 4 is 23.6 Å². The Morgan fingerprint density at radius 3 is 2.80 bits per heavy atom. The number of carbonyl (C=O) groups excluding carboxylic acids is 3. The fourth-order valence-corrected chi connectivity index (χ4v) is 4.37. The molecule has 1 aromatic rings. The molecule has 1 aromatic carbocycles. The molecule has 3 amide bonds. The smallest absolute Gasteiger partial charge is 0.409 e. The van der Waals surface area contributed by atoms with Crippen LogP contribution in [0, 0.1) is 5.92 Å². The Morgan fingerprint density at radius 2 is 2.03 bits per heavy atom. The Labute approximate surface area is 208 Å². The van der Waals surface area contributed by atoms with E-state index in [1.807, 2.05) is 31.2 Å². The molecular formula is C27H39N3O5. The Hall–Kier alpha value is -2.87. The first-order chi connectivity index (χ1) is 16.9. The molecule has 1 saturated heterocycles.